The molecule has 0 radical (unpaired) electrons. The zero-order valence-electron chi connectivity index (χ0n) is 18.0. The normalized spacial score (nSPS) is 18.6. The quantitative estimate of drug-likeness (QED) is 0.398. The molecule has 1 fully saturated rings. The second-order valence-corrected chi connectivity index (χ2v) is 9.04. The Morgan fingerprint density at radius 2 is 1.69 bits per heavy atom. The number of hydrogen-bond acceptors (Lipinski definition) is 4. The second kappa shape index (κ2) is 9.27. The maximum atomic E-state index is 6.24. The number of anilines is 1. The molecule has 0 atom stereocenters. The van der Waals surface area contributed by atoms with Gasteiger partial charge in [-0.25, -0.2) is 0 Å². The number of pyridine rings is 2. The van der Waals surface area contributed by atoms with Crippen LogP contribution in [0, 0.1) is 0 Å². The molecule has 0 saturated heterocycles. The lowest BCUT2D eigenvalue weighted by Gasteiger charge is -2.38. The first kappa shape index (κ1) is 20.9. The summed E-state index contributed by atoms with van der Waals surface area (Å²) < 4.78 is 0. The zero-order valence-corrected chi connectivity index (χ0v) is 18.7. The minimum absolute atomic E-state index is 0.318. The molecule has 0 amide bonds. The molecule has 5 heteroatoms. The van der Waals surface area contributed by atoms with E-state index in [4.69, 9.17) is 17.3 Å². The molecule has 2 N–H and O–H groups in total. The summed E-state index contributed by atoms with van der Waals surface area (Å²) >= 11 is 6.24. The highest BCUT2D eigenvalue weighted by Crippen LogP contribution is 2.34. The highest BCUT2D eigenvalue weighted by Gasteiger charge is 2.26. The third kappa shape index (κ3) is 4.47. The lowest BCUT2D eigenvalue weighted by molar-refractivity contribution is 0.375. The molecule has 4 aromatic rings. The first-order valence-corrected chi connectivity index (χ1v) is 11.6. The first-order chi connectivity index (χ1) is 15.7. The van der Waals surface area contributed by atoms with Gasteiger partial charge >= 0.3 is 0 Å². The molecule has 2 heterocycles. The van der Waals surface area contributed by atoms with Crippen LogP contribution in [0.5, 0.6) is 0 Å². The Morgan fingerprint density at radius 1 is 0.875 bits per heavy atom. The molecule has 2 aromatic heterocycles. The predicted octanol–water partition coefficient (Wildman–Crippen LogP) is 6.23. The largest absolute Gasteiger partial charge is 0.364 e. The van der Waals surface area contributed by atoms with E-state index in [0.29, 0.717) is 17.1 Å². The Hall–Kier alpha value is -2.95. The van der Waals surface area contributed by atoms with Gasteiger partial charge in [0.25, 0.3) is 0 Å². The Balaban J connectivity index is 1.49. The molecule has 2 aromatic carbocycles. The monoisotopic (exact) mass is 442 g/mol. The molecule has 0 aliphatic heterocycles. The van der Waals surface area contributed by atoms with Gasteiger partial charge in [-0.05, 0) is 67.6 Å². The Kier molecular flexibility index (Phi) is 6.06. The summed E-state index contributed by atoms with van der Waals surface area (Å²) in [6.45, 7) is 0.837. The first-order valence-electron chi connectivity index (χ1n) is 11.2. The number of hydrogen-bond donors (Lipinski definition) is 1. The average molecular weight is 443 g/mol. The summed E-state index contributed by atoms with van der Waals surface area (Å²) in [6.07, 6.45) is 8.05. The van der Waals surface area contributed by atoms with Crippen LogP contribution in [0.15, 0.2) is 79.1 Å². The molecule has 32 heavy (non-hydrogen) atoms. The van der Waals surface area contributed by atoms with Gasteiger partial charge in [0.05, 0.1) is 11.2 Å². The summed E-state index contributed by atoms with van der Waals surface area (Å²) in [7, 11) is 0. The van der Waals surface area contributed by atoms with Crippen LogP contribution in [0.2, 0.25) is 5.02 Å². The van der Waals surface area contributed by atoms with Crippen LogP contribution in [-0.2, 0) is 6.54 Å². The standard InChI is InChI=1S/C27H27ClN4/c28-21-8-13-24-26(17-21)31-16-14-27(24)32(23-11-9-22(29)10-12-23)18-19-4-6-20(7-5-19)25-3-1-2-15-30-25/h1-8,13-17,22-23H,9-12,18,29H2. The van der Waals surface area contributed by atoms with Crippen LogP contribution in [0.3, 0.4) is 0 Å². The fourth-order valence-corrected chi connectivity index (χ4v) is 4.86. The number of benzene rings is 2. The molecule has 0 bridgehead atoms. The number of rotatable bonds is 5. The summed E-state index contributed by atoms with van der Waals surface area (Å²) in [5, 5.41) is 1.85. The maximum absolute atomic E-state index is 6.24. The molecule has 1 aliphatic carbocycles. The second-order valence-electron chi connectivity index (χ2n) is 8.60. The molecule has 4 nitrogen and oxygen atoms in total. The van der Waals surface area contributed by atoms with Crippen molar-refractivity contribution in [2.75, 3.05) is 4.90 Å². The molecular weight excluding hydrogens is 416 g/mol. The van der Waals surface area contributed by atoms with Gasteiger partial charge in [-0.3, -0.25) is 9.97 Å². The van der Waals surface area contributed by atoms with Crippen LogP contribution >= 0.6 is 11.6 Å². The van der Waals surface area contributed by atoms with Gasteiger partial charge in [-0.1, -0.05) is 41.9 Å². The van der Waals surface area contributed by atoms with Gasteiger partial charge in [-0.15, -0.1) is 0 Å². The van der Waals surface area contributed by atoms with E-state index in [-0.39, 0.29) is 0 Å². The number of aromatic nitrogens is 2. The third-order valence-corrected chi connectivity index (χ3v) is 6.68. The van der Waals surface area contributed by atoms with E-state index < -0.39 is 0 Å². The summed E-state index contributed by atoms with van der Waals surface area (Å²) in [4.78, 5) is 11.6. The molecule has 1 aliphatic rings. The Morgan fingerprint density at radius 3 is 2.44 bits per heavy atom. The van der Waals surface area contributed by atoms with Crippen LogP contribution in [-0.4, -0.2) is 22.1 Å². The van der Waals surface area contributed by atoms with Gasteiger partial charge in [0.2, 0.25) is 0 Å². The predicted molar refractivity (Wildman–Crippen MR) is 133 cm³/mol. The molecule has 0 spiro atoms. The minimum Gasteiger partial charge on any atom is -0.364 e. The number of nitrogens with zero attached hydrogens (tertiary/aromatic N) is 3. The number of fused-ring (bicyclic) bond motifs is 1. The lowest BCUT2D eigenvalue weighted by atomic mass is 9.90. The SMILES string of the molecule is NC1CCC(N(Cc2ccc(-c3ccccn3)cc2)c2ccnc3cc(Cl)ccc23)CC1. The van der Waals surface area contributed by atoms with Crippen molar-refractivity contribution in [3.63, 3.8) is 0 Å². The van der Waals surface area contributed by atoms with Gasteiger partial charge in [0.1, 0.15) is 0 Å². The molecule has 1 saturated carbocycles. The van der Waals surface area contributed by atoms with Crippen molar-refractivity contribution < 1.29 is 0 Å². The smallest absolute Gasteiger partial charge is 0.0737 e. The van der Waals surface area contributed by atoms with Crippen LogP contribution in [0.1, 0.15) is 31.2 Å². The third-order valence-electron chi connectivity index (χ3n) is 6.44. The molecule has 162 valence electrons. The number of nitrogens with two attached hydrogens (primary N) is 1. The van der Waals surface area contributed by atoms with Crippen molar-refractivity contribution in [1.29, 1.82) is 0 Å². The van der Waals surface area contributed by atoms with E-state index in [9.17, 15) is 0 Å². The van der Waals surface area contributed by atoms with Gasteiger partial charge < -0.3 is 10.6 Å². The fourth-order valence-electron chi connectivity index (χ4n) is 4.69. The highest BCUT2D eigenvalue weighted by atomic mass is 35.5. The molecule has 0 unspecified atom stereocenters. The van der Waals surface area contributed by atoms with Gasteiger partial charge in [0, 0.05) is 52.7 Å². The topological polar surface area (TPSA) is 55.0 Å². The summed E-state index contributed by atoms with van der Waals surface area (Å²) in [6, 6.07) is 23.6. The van der Waals surface area contributed by atoms with Crippen molar-refractivity contribution >= 4 is 28.2 Å². The maximum Gasteiger partial charge on any atom is 0.0737 e. The van der Waals surface area contributed by atoms with Crippen LogP contribution in [0.25, 0.3) is 22.2 Å². The van der Waals surface area contributed by atoms with E-state index in [1.165, 1.54) is 11.3 Å². The van der Waals surface area contributed by atoms with E-state index >= 15 is 0 Å². The van der Waals surface area contributed by atoms with Crippen LogP contribution in [0.4, 0.5) is 5.69 Å². The Labute approximate surface area is 194 Å². The minimum atomic E-state index is 0.318. The van der Waals surface area contributed by atoms with Crippen molar-refractivity contribution in [1.82, 2.24) is 9.97 Å². The van der Waals surface area contributed by atoms with E-state index in [1.807, 2.05) is 42.7 Å². The number of halogens is 1. The highest BCUT2D eigenvalue weighted by molar-refractivity contribution is 6.31. The molecule has 5 rings (SSSR count). The fraction of sp³-hybridized carbons (Fsp3) is 0.259. The van der Waals surface area contributed by atoms with Crippen molar-refractivity contribution in [3.05, 3.63) is 89.7 Å². The van der Waals surface area contributed by atoms with Gasteiger partial charge in [0.15, 0.2) is 0 Å². The van der Waals surface area contributed by atoms with Crippen molar-refractivity contribution in [3.8, 4) is 11.3 Å². The summed E-state index contributed by atoms with van der Waals surface area (Å²) in [5.41, 5.74) is 11.8. The van der Waals surface area contributed by atoms with Crippen molar-refractivity contribution in [2.45, 2.75) is 44.3 Å². The average Bonchev–Trinajstić information content (AvgIpc) is 2.84. The van der Waals surface area contributed by atoms with Crippen molar-refractivity contribution in [2.24, 2.45) is 5.73 Å². The Bertz CT molecular complexity index is 1190. The lowest BCUT2D eigenvalue weighted by Crippen LogP contribution is -2.40. The molecular formula is C27H27ClN4. The summed E-state index contributed by atoms with van der Waals surface area (Å²) in [5.74, 6) is 0. The van der Waals surface area contributed by atoms with E-state index in [1.54, 1.807) is 0 Å². The van der Waals surface area contributed by atoms with Gasteiger partial charge in [-0.2, -0.15) is 0 Å². The zero-order chi connectivity index (χ0) is 21.9. The van der Waals surface area contributed by atoms with E-state index in [2.05, 4.69) is 51.3 Å². The van der Waals surface area contributed by atoms with Crippen LogP contribution < -0.4 is 10.6 Å². The van der Waals surface area contributed by atoms with E-state index in [0.717, 1.165) is 54.4 Å².